The minimum Gasteiger partial charge on any atom is -0.497 e. The molecule has 2 rings (SSSR count). The average Bonchev–Trinajstić information content (AvgIpc) is 2.88. The summed E-state index contributed by atoms with van der Waals surface area (Å²) in [5.41, 5.74) is 1.22. The van der Waals surface area contributed by atoms with Gasteiger partial charge in [0.05, 0.1) is 7.11 Å². The SMILES string of the molecule is C=Cc1cccc(C(C(=O)Nc2ccc(OC)cc2)N(C(=O)C(CS)NC(=O)OC(C)(C)C)C(C)CC)c1. The van der Waals surface area contributed by atoms with Crippen molar-refractivity contribution in [3.8, 4) is 5.75 Å². The molecule has 2 aromatic rings. The van der Waals surface area contributed by atoms with Crippen LogP contribution >= 0.6 is 12.6 Å². The first-order chi connectivity index (χ1) is 17.9. The van der Waals surface area contributed by atoms with E-state index in [0.29, 0.717) is 23.4 Å². The van der Waals surface area contributed by atoms with Gasteiger partial charge < -0.3 is 25.0 Å². The number of anilines is 1. The molecule has 0 saturated carbocycles. The number of hydrogen-bond donors (Lipinski definition) is 3. The molecule has 3 amide bonds. The lowest BCUT2D eigenvalue weighted by atomic mass is 9.98. The van der Waals surface area contributed by atoms with Crippen molar-refractivity contribution in [1.29, 1.82) is 0 Å². The molecule has 9 heteroatoms. The second-order valence-corrected chi connectivity index (χ2v) is 10.2. The highest BCUT2D eigenvalue weighted by Crippen LogP contribution is 2.29. The third-order valence-corrected chi connectivity index (χ3v) is 6.20. The Bertz CT molecular complexity index is 1110. The molecule has 2 aromatic carbocycles. The Hall–Kier alpha value is -3.46. The van der Waals surface area contributed by atoms with Gasteiger partial charge in [0.1, 0.15) is 23.4 Å². The van der Waals surface area contributed by atoms with E-state index in [-0.39, 0.29) is 11.8 Å². The average molecular weight is 542 g/mol. The fraction of sp³-hybridized carbons (Fsp3) is 0.414. The van der Waals surface area contributed by atoms with E-state index < -0.39 is 35.6 Å². The van der Waals surface area contributed by atoms with Crippen LogP contribution in [0.4, 0.5) is 10.5 Å². The number of nitrogens with one attached hydrogen (secondary N) is 2. The van der Waals surface area contributed by atoms with Gasteiger partial charge in [0.15, 0.2) is 0 Å². The van der Waals surface area contributed by atoms with Crippen LogP contribution in [0.1, 0.15) is 58.2 Å². The van der Waals surface area contributed by atoms with Crippen molar-refractivity contribution in [2.24, 2.45) is 0 Å². The number of hydrogen-bond acceptors (Lipinski definition) is 6. The fourth-order valence-corrected chi connectivity index (χ4v) is 4.04. The maximum Gasteiger partial charge on any atom is 0.408 e. The van der Waals surface area contributed by atoms with Crippen LogP contribution in [0.25, 0.3) is 6.08 Å². The van der Waals surface area contributed by atoms with Crippen molar-refractivity contribution >= 4 is 42.3 Å². The quantitative estimate of drug-likeness (QED) is 0.328. The van der Waals surface area contributed by atoms with Gasteiger partial charge in [-0.25, -0.2) is 4.79 Å². The lowest BCUT2D eigenvalue weighted by molar-refractivity contribution is -0.142. The van der Waals surface area contributed by atoms with Crippen molar-refractivity contribution in [3.63, 3.8) is 0 Å². The standard InChI is InChI=1S/C29H39N3O5S/c1-8-19(3)32(27(34)24(18-38)31-28(35)37-29(4,5)6)25(21-12-10-11-20(9-2)17-21)26(33)30-22-13-15-23(36-7)16-14-22/h9-17,19,24-25,38H,2,8,18H2,1,3-7H3,(H,30,33)(H,31,35). The highest BCUT2D eigenvalue weighted by atomic mass is 32.1. The molecule has 0 radical (unpaired) electrons. The van der Waals surface area contributed by atoms with Crippen molar-refractivity contribution in [3.05, 3.63) is 66.2 Å². The van der Waals surface area contributed by atoms with Crippen molar-refractivity contribution < 1.29 is 23.9 Å². The molecule has 3 unspecified atom stereocenters. The summed E-state index contributed by atoms with van der Waals surface area (Å²) in [6, 6.07) is 11.9. The van der Waals surface area contributed by atoms with Crippen molar-refractivity contribution in [1.82, 2.24) is 10.2 Å². The van der Waals surface area contributed by atoms with E-state index in [1.807, 2.05) is 32.0 Å². The molecule has 0 aliphatic rings. The monoisotopic (exact) mass is 541 g/mol. The van der Waals surface area contributed by atoms with E-state index >= 15 is 0 Å². The maximum absolute atomic E-state index is 14.0. The highest BCUT2D eigenvalue weighted by Gasteiger charge is 2.38. The zero-order valence-electron chi connectivity index (χ0n) is 23.0. The molecule has 8 nitrogen and oxygen atoms in total. The molecule has 0 bridgehead atoms. The number of ether oxygens (including phenoxy) is 2. The zero-order valence-corrected chi connectivity index (χ0v) is 23.9. The van der Waals surface area contributed by atoms with Gasteiger partial charge in [-0.05, 0) is 75.6 Å². The summed E-state index contributed by atoms with van der Waals surface area (Å²) in [5.74, 6) is -0.177. The van der Waals surface area contributed by atoms with Gasteiger partial charge in [-0.15, -0.1) is 0 Å². The Morgan fingerprint density at radius 3 is 2.32 bits per heavy atom. The van der Waals surface area contributed by atoms with Gasteiger partial charge >= 0.3 is 6.09 Å². The molecular weight excluding hydrogens is 502 g/mol. The number of rotatable bonds is 11. The van der Waals surface area contributed by atoms with Gasteiger partial charge in [-0.3, -0.25) is 9.59 Å². The van der Waals surface area contributed by atoms with E-state index in [1.165, 1.54) is 4.90 Å². The number of methoxy groups -OCH3 is 1. The molecule has 0 aliphatic carbocycles. The van der Waals surface area contributed by atoms with Crippen LogP contribution in [0.5, 0.6) is 5.75 Å². The van der Waals surface area contributed by atoms with Crippen molar-refractivity contribution in [2.75, 3.05) is 18.2 Å². The molecule has 0 aromatic heterocycles. The number of benzene rings is 2. The Labute approximate surface area is 231 Å². The summed E-state index contributed by atoms with van der Waals surface area (Å²) in [4.78, 5) is 41.9. The molecule has 0 spiro atoms. The van der Waals surface area contributed by atoms with Crippen LogP contribution in [-0.4, -0.2) is 53.4 Å². The minimum absolute atomic E-state index is 0.0184. The first-order valence-electron chi connectivity index (χ1n) is 12.5. The Kier molecular flexibility index (Phi) is 11.3. The number of thiol groups is 1. The molecular formula is C29H39N3O5S. The number of nitrogens with zero attached hydrogens (tertiary/aromatic N) is 1. The maximum atomic E-state index is 14.0. The van der Waals surface area contributed by atoms with Gasteiger partial charge in [0.2, 0.25) is 5.91 Å². The lowest BCUT2D eigenvalue weighted by Crippen LogP contribution is -2.55. The first-order valence-corrected chi connectivity index (χ1v) is 13.2. The summed E-state index contributed by atoms with van der Waals surface area (Å²) in [6.07, 6.45) is 1.52. The molecule has 206 valence electrons. The van der Waals surface area contributed by atoms with Gasteiger partial charge in [0, 0.05) is 17.5 Å². The molecule has 0 aliphatic heterocycles. The Morgan fingerprint density at radius 1 is 1.13 bits per heavy atom. The summed E-state index contributed by atoms with van der Waals surface area (Å²) < 4.78 is 10.6. The molecule has 3 atom stereocenters. The Balaban J connectivity index is 2.52. The van der Waals surface area contributed by atoms with Crippen LogP contribution < -0.4 is 15.4 Å². The molecule has 0 saturated heterocycles. The second kappa shape index (κ2) is 13.9. The normalized spacial score (nSPS) is 13.4. The van der Waals surface area contributed by atoms with Crippen LogP contribution in [-0.2, 0) is 14.3 Å². The van der Waals surface area contributed by atoms with Crippen molar-refractivity contribution in [2.45, 2.75) is 64.8 Å². The Morgan fingerprint density at radius 2 is 1.79 bits per heavy atom. The lowest BCUT2D eigenvalue weighted by Gasteiger charge is -2.38. The van der Waals surface area contributed by atoms with E-state index in [4.69, 9.17) is 9.47 Å². The minimum atomic E-state index is -1.01. The molecule has 38 heavy (non-hydrogen) atoms. The number of amides is 3. The number of carbonyl (C=O) groups excluding carboxylic acids is 3. The topological polar surface area (TPSA) is 97.0 Å². The smallest absolute Gasteiger partial charge is 0.408 e. The first kappa shape index (κ1) is 30.8. The van der Waals surface area contributed by atoms with Crippen LogP contribution in [0.2, 0.25) is 0 Å². The predicted molar refractivity (Wildman–Crippen MR) is 155 cm³/mol. The van der Waals surface area contributed by atoms with Crippen LogP contribution in [0, 0.1) is 0 Å². The summed E-state index contributed by atoms with van der Waals surface area (Å²) in [7, 11) is 1.56. The van der Waals surface area contributed by atoms with Gasteiger partial charge in [-0.1, -0.05) is 37.8 Å². The van der Waals surface area contributed by atoms with E-state index in [2.05, 4.69) is 29.8 Å². The predicted octanol–water partition coefficient (Wildman–Crippen LogP) is 5.47. The van der Waals surface area contributed by atoms with E-state index in [0.717, 1.165) is 5.56 Å². The number of alkyl carbamates (subject to hydrolysis) is 1. The summed E-state index contributed by atoms with van der Waals surface area (Å²) in [6.45, 7) is 12.8. The summed E-state index contributed by atoms with van der Waals surface area (Å²) >= 11 is 4.33. The van der Waals surface area contributed by atoms with Crippen LogP contribution in [0.3, 0.4) is 0 Å². The summed E-state index contributed by atoms with van der Waals surface area (Å²) in [5, 5.41) is 5.55. The van der Waals surface area contributed by atoms with Gasteiger partial charge in [-0.2, -0.15) is 12.6 Å². The van der Waals surface area contributed by atoms with Gasteiger partial charge in [0.25, 0.3) is 5.91 Å². The largest absolute Gasteiger partial charge is 0.497 e. The molecule has 0 heterocycles. The third-order valence-electron chi connectivity index (χ3n) is 5.84. The fourth-order valence-electron chi connectivity index (χ4n) is 3.79. The van der Waals surface area contributed by atoms with E-state index in [1.54, 1.807) is 64.3 Å². The highest BCUT2D eigenvalue weighted by molar-refractivity contribution is 7.80. The van der Waals surface area contributed by atoms with Crippen LogP contribution in [0.15, 0.2) is 55.1 Å². The molecule has 0 fully saturated rings. The zero-order chi connectivity index (χ0) is 28.5. The number of carbonyl (C=O) groups is 3. The molecule has 2 N–H and O–H groups in total. The second-order valence-electron chi connectivity index (χ2n) is 9.88. The van der Waals surface area contributed by atoms with E-state index in [9.17, 15) is 14.4 Å². The third kappa shape index (κ3) is 8.55.